The number of carbonyl (C=O) groups is 1. The second-order valence-electron chi connectivity index (χ2n) is 6.41. The molecule has 0 aliphatic carbocycles. The van der Waals surface area contributed by atoms with Crippen molar-refractivity contribution in [1.29, 1.82) is 0 Å². The molecule has 1 aliphatic rings. The molecule has 1 saturated heterocycles. The van der Waals surface area contributed by atoms with E-state index >= 15 is 0 Å². The SMILES string of the molecule is Cc1c(C(=O)NCCCCN2CCCC2)sc2ncn(C)c(=O)c12. The molecular weight excluding hydrogens is 324 g/mol. The van der Waals surface area contributed by atoms with Gasteiger partial charge in [0.1, 0.15) is 4.83 Å². The van der Waals surface area contributed by atoms with Crippen LogP contribution in [0, 0.1) is 6.92 Å². The van der Waals surface area contributed by atoms with Crippen LogP contribution in [0.4, 0.5) is 0 Å². The molecule has 0 unspecified atom stereocenters. The van der Waals surface area contributed by atoms with Crippen LogP contribution in [0.2, 0.25) is 0 Å². The van der Waals surface area contributed by atoms with E-state index in [0.717, 1.165) is 24.9 Å². The van der Waals surface area contributed by atoms with E-state index in [2.05, 4.69) is 15.2 Å². The van der Waals surface area contributed by atoms with Gasteiger partial charge in [0, 0.05) is 13.6 Å². The average Bonchev–Trinajstić information content (AvgIpc) is 3.19. The Hall–Kier alpha value is -1.73. The van der Waals surface area contributed by atoms with E-state index in [0.29, 0.717) is 21.6 Å². The lowest BCUT2D eigenvalue weighted by molar-refractivity contribution is 0.0956. The molecule has 1 N–H and O–H groups in total. The van der Waals surface area contributed by atoms with Gasteiger partial charge >= 0.3 is 0 Å². The van der Waals surface area contributed by atoms with E-state index in [1.807, 2.05) is 6.92 Å². The second kappa shape index (κ2) is 7.44. The molecule has 2 aromatic heterocycles. The van der Waals surface area contributed by atoms with Gasteiger partial charge in [0.2, 0.25) is 0 Å². The van der Waals surface area contributed by atoms with Crippen LogP contribution in [0.15, 0.2) is 11.1 Å². The first kappa shape index (κ1) is 17.1. The maximum atomic E-state index is 12.4. The Bertz CT molecular complexity index is 790. The summed E-state index contributed by atoms with van der Waals surface area (Å²) in [6.45, 7) is 6.05. The molecule has 0 saturated carbocycles. The highest BCUT2D eigenvalue weighted by Crippen LogP contribution is 2.26. The van der Waals surface area contributed by atoms with Crippen LogP contribution < -0.4 is 10.9 Å². The fourth-order valence-corrected chi connectivity index (χ4v) is 4.23. The van der Waals surface area contributed by atoms with Crippen LogP contribution in [0.3, 0.4) is 0 Å². The van der Waals surface area contributed by atoms with Crippen LogP contribution in [-0.2, 0) is 7.05 Å². The van der Waals surface area contributed by atoms with E-state index in [4.69, 9.17) is 0 Å². The Labute approximate surface area is 145 Å². The van der Waals surface area contributed by atoms with Crippen molar-refractivity contribution in [2.45, 2.75) is 32.6 Å². The van der Waals surface area contributed by atoms with Gasteiger partial charge in [-0.25, -0.2) is 4.98 Å². The standard InChI is InChI=1S/C17H24N4O2S/c1-12-13-16(19-11-20(2)17(13)23)24-14(12)15(22)18-7-3-4-8-21-9-5-6-10-21/h11H,3-10H2,1-2H3,(H,18,22). The number of nitrogens with zero attached hydrogens (tertiary/aromatic N) is 3. The van der Waals surface area contributed by atoms with Crippen molar-refractivity contribution in [2.75, 3.05) is 26.2 Å². The van der Waals surface area contributed by atoms with Gasteiger partial charge in [-0.05, 0) is 57.8 Å². The van der Waals surface area contributed by atoms with E-state index in [-0.39, 0.29) is 11.5 Å². The van der Waals surface area contributed by atoms with Crippen LogP contribution in [0.5, 0.6) is 0 Å². The molecule has 0 atom stereocenters. The number of carbonyl (C=O) groups excluding carboxylic acids is 1. The Balaban J connectivity index is 1.57. The zero-order chi connectivity index (χ0) is 17.1. The number of unbranched alkanes of at least 4 members (excludes halogenated alkanes) is 1. The normalized spacial score (nSPS) is 15.2. The van der Waals surface area contributed by atoms with E-state index in [9.17, 15) is 9.59 Å². The predicted octanol–water partition coefficient (Wildman–Crippen LogP) is 1.91. The molecule has 0 radical (unpaired) electrons. The van der Waals surface area contributed by atoms with E-state index < -0.39 is 0 Å². The molecule has 1 amide bonds. The molecule has 130 valence electrons. The summed E-state index contributed by atoms with van der Waals surface area (Å²) in [7, 11) is 1.67. The highest BCUT2D eigenvalue weighted by atomic mass is 32.1. The molecule has 1 aliphatic heterocycles. The van der Waals surface area contributed by atoms with E-state index in [1.165, 1.54) is 48.2 Å². The molecule has 7 heteroatoms. The third-order valence-electron chi connectivity index (χ3n) is 4.60. The lowest BCUT2D eigenvalue weighted by atomic mass is 10.2. The summed E-state index contributed by atoms with van der Waals surface area (Å²) in [5.41, 5.74) is 0.636. The minimum atomic E-state index is -0.0987. The minimum absolute atomic E-state index is 0.0984. The third-order valence-corrected chi connectivity index (χ3v) is 5.80. The average molecular weight is 348 g/mol. The van der Waals surface area contributed by atoms with Crippen molar-refractivity contribution in [3.8, 4) is 0 Å². The maximum absolute atomic E-state index is 12.4. The number of nitrogens with one attached hydrogen (secondary N) is 1. The van der Waals surface area contributed by atoms with Crippen molar-refractivity contribution in [1.82, 2.24) is 19.8 Å². The zero-order valence-electron chi connectivity index (χ0n) is 14.3. The molecule has 0 aromatic carbocycles. The van der Waals surface area contributed by atoms with Gasteiger partial charge in [-0.15, -0.1) is 11.3 Å². The van der Waals surface area contributed by atoms with Crippen molar-refractivity contribution in [3.05, 3.63) is 27.1 Å². The molecule has 0 bridgehead atoms. The fourth-order valence-electron chi connectivity index (χ4n) is 3.17. The Kier molecular flexibility index (Phi) is 5.30. The van der Waals surface area contributed by atoms with Crippen LogP contribution in [0.25, 0.3) is 10.2 Å². The molecule has 2 aromatic rings. The number of aryl methyl sites for hydroxylation is 2. The number of aromatic nitrogens is 2. The summed E-state index contributed by atoms with van der Waals surface area (Å²) in [5.74, 6) is -0.0984. The number of hydrogen-bond acceptors (Lipinski definition) is 5. The minimum Gasteiger partial charge on any atom is -0.351 e. The summed E-state index contributed by atoms with van der Waals surface area (Å²) in [6, 6.07) is 0. The second-order valence-corrected chi connectivity index (χ2v) is 7.41. The summed E-state index contributed by atoms with van der Waals surface area (Å²) in [5, 5.41) is 3.54. The summed E-state index contributed by atoms with van der Waals surface area (Å²) in [4.78, 5) is 32.6. The molecular formula is C17H24N4O2S. The fraction of sp³-hybridized carbons (Fsp3) is 0.588. The van der Waals surface area contributed by atoms with E-state index in [1.54, 1.807) is 7.05 Å². The van der Waals surface area contributed by atoms with Gasteiger partial charge in [0.05, 0.1) is 16.6 Å². The number of thiophene rings is 1. The highest BCUT2D eigenvalue weighted by molar-refractivity contribution is 7.20. The van der Waals surface area contributed by atoms with Crippen molar-refractivity contribution < 1.29 is 4.79 Å². The van der Waals surface area contributed by atoms with Gasteiger partial charge in [-0.3, -0.25) is 9.59 Å². The molecule has 3 rings (SSSR count). The van der Waals surface area contributed by atoms with Gasteiger partial charge in [0.15, 0.2) is 0 Å². The number of rotatable bonds is 6. The first-order valence-electron chi connectivity index (χ1n) is 8.53. The van der Waals surface area contributed by atoms with Gasteiger partial charge in [0.25, 0.3) is 11.5 Å². The lowest BCUT2D eigenvalue weighted by Crippen LogP contribution is -2.26. The first-order chi connectivity index (χ1) is 11.6. The summed E-state index contributed by atoms with van der Waals surface area (Å²) in [6.07, 6.45) is 6.21. The lowest BCUT2D eigenvalue weighted by Gasteiger charge is -2.13. The quantitative estimate of drug-likeness (QED) is 0.810. The monoisotopic (exact) mass is 348 g/mol. The number of hydrogen-bond donors (Lipinski definition) is 1. The van der Waals surface area contributed by atoms with Gasteiger partial charge < -0.3 is 14.8 Å². The maximum Gasteiger partial charge on any atom is 0.262 e. The van der Waals surface area contributed by atoms with Gasteiger partial charge in [-0.2, -0.15) is 0 Å². The third kappa shape index (κ3) is 3.52. The number of fused-ring (bicyclic) bond motifs is 1. The van der Waals surface area contributed by atoms with Crippen LogP contribution >= 0.6 is 11.3 Å². The number of amides is 1. The van der Waals surface area contributed by atoms with Crippen LogP contribution in [-0.4, -0.2) is 46.5 Å². The zero-order valence-corrected chi connectivity index (χ0v) is 15.1. The molecule has 1 fully saturated rings. The van der Waals surface area contributed by atoms with Crippen molar-refractivity contribution in [3.63, 3.8) is 0 Å². The van der Waals surface area contributed by atoms with Gasteiger partial charge in [-0.1, -0.05) is 0 Å². The molecule has 3 heterocycles. The summed E-state index contributed by atoms with van der Waals surface area (Å²) >= 11 is 1.29. The molecule has 0 spiro atoms. The Morgan fingerprint density at radius 1 is 1.33 bits per heavy atom. The topological polar surface area (TPSA) is 67.2 Å². The van der Waals surface area contributed by atoms with Crippen molar-refractivity contribution in [2.24, 2.45) is 7.05 Å². The first-order valence-corrected chi connectivity index (χ1v) is 9.35. The smallest absolute Gasteiger partial charge is 0.262 e. The summed E-state index contributed by atoms with van der Waals surface area (Å²) < 4.78 is 1.45. The number of likely N-dealkylation sites (tertiary alicyclic amines) is 1. The molecule has 6 nitrogen and oxygen atoms in total. The molecule has 24 heavy (non-hydrogen) atoms. The van der Waals surface area contributed by atoms with Crippen molar-refractivity contribution >= 4 is 27.5 Å². The predicted molar refractivity (Wildman–Crippen MR) is 96.8 cm³/mol. The Morgan fingerprint density at radius 2 is 2.08 bits per heavy atom. The highest BCUT2D eigenvalue weighted by Gasteiger charge is 2.18. The Morgan fingerprint density at radius 3 is 2.83 bits per heavy atom. The van der Waals surface area contributed by atoms with Crippen LogP contribution in [0.1, 0.15) is 40.9 Å². The largest absolute Gasteiger partial charge is 0.351 e.